The van der Waals surface area contributed by atoms with E-state index in [0.717, 1.165) is 22.0 Å². The van der Waals surface area contributed by atoms with Gasteiger partial charge in [0.25, 0.3) is 10.0 Å². The number of carbonyl (C=O) groups is 2. The number of rotatable bonds is 13. The maximum atomic E-state index is 13.9. The molecular weight excluding hydrogens is 533 g/mol. The molecule has 0 bridgehead atoms. The molecule has 10 heteroatoms. The zero-order chi connectivity index (χ0) is 29.3. The zero-order valence-electron chi connectivity index (χ0n) is 23.2. The van der Waals surface area contributed by atoms with E-state index in [9.17, 15) is 22.4 Å². The largest absolute Gasteiger partial charge is 0.494 e. The van der Waals surface area contributed by atoms with E-state index < -0.39 is 34.3 Å². The lowest BCUT2D eigenvalue weighted by atomic mass is 10.1. The fourth-order valence-electron chi connectivity index (χ4n) is 3.97. The molecule has 0 saturated heterocycles. The van der Waals surface area contributed by atoms with Crippen molar-refractivity contribution in [1.29, 1.82) is 0 Å². The molecule has 0 unspecified atom stereocenters. The van der Waals surface area contributed by atoms with Gasteiger partial charge in [-0.1, -0.05) is 37.3 Å². The lowest BCUT2D eigenvalue weighted by Gasteiger charge is -2.32. The SMILES string of the molecule is CCOc1ccc(S(=O)(=O)N(CC(=O)N(Cc2ccccc2)[C@H](C)C(=O)N[C@@H](C)CC)c2ccc(F)cc2)cc1. The number of carbonyl (C=O) groups excluding carboxylic acids is 2. The van der Waals surface area contributed by atoms with Crippen molar-refractivity contribution in [3.05, 3.63) is 90.2 Å². The van der Waals surface area contributed by atoms with Gasteiger partial charge in [0.15, 0.2) is 0 Å². The van der Waals surface area contributed by atoms with E-state index in [2.05, 4.69) is 5.32 Å². The molecule has 0 aromatic heterocycles. The maximum absolute atomic E-state index is 13.9. The summed E-state index contributed by atoms with van der Waals surface area (Å²) < 4.78 is 47.8. The Kier molecular flexibility index (Phi) is 10.7. The van der Waals surface area contributed by atoms with E-state index in [1.165, 1.54) is 41.3 Å². The van der Waals surface area contributed by atoms with Crippen molar-refractivity contribution < 1.29 is 27.1 Å². The van der Waals surface area contributed by atoms with Crippen molar-refractivity contribution in [3.63, 3.8) is 0 Å². The van der Waals surface area contributed by atoms with Crippen molar-refractivity contribution in [1.82, 2.24) is 10.2 Å². The standard InChI is InChI=1S/C30H36FN3O5S/c1-5-22(3)32-30(36)23(4)33(20-24-10-8-7-9-11-24)29(35)21-34(26-14-12-25(31)13-15-26)40(37,38)28-18-16-27(17-19-28)39-6-2/h7-19,22-23H,5-6,20-21H2,1-4H3,(H,32,36)/t22-,23+/m0/s1. The first-order valence-corrected chi connectivity index (χ1v) is 14.7. The van der Waals surface area contributed by atoms with Crippen LogP contribution in [0.2, 0.25) is 0 Å². The second-order valence-electron chi connectivity index (χ2n) is 9.39. The maximum Gasteiger partial charge on any atom is 0.264 e. The summed E-state index contributed by atoms with van der Waals surface area (Å²) >= 11 is 0. The number of benzene rings is 3. The predicted octanol–water partition coefficient (Wildman–Crippen LogP) is 4.75. The molecule has 3 aromatic rings. The highest BCUT2D eigenvalue weighted by molar-refractivity contribution is 7.92. The molecule has 0 aliphatic carbocycles. The van der Waals surface area contributed by atoms with Crippen LogP contribution in [0.1, 0.15) is 39.7 Å². The number of hydrogen-bond donors (Lipinski definition) is 1. The summed E-state index contributed by atoms with van der Waals surface area (Å²) in [6.07, 6.45) is 0.712. The van der Waals surface area contributed by atoms with E-state index in [1.807, 2.05) is 51.1 Å². The highest BCUT2D eigenvalue weighted by Crippen LogP contribution is 2.26. The van der Waals surface area contributed by atoms with Crippen LogP contribution in [-0.2, 0) is 26.2 Å². The molecule has 0 fully saturated rings. The third kappa shape index (κ3) is 7.81. The molecule has 0 saturated carbocycles. The first-order chi connectivity index (χ1) is 19.1. The first-order valence-electron chi connectivity index (χ1n) is 13.2. The van der Waals surface area contributed by atoms with Crippen molar-refractivity contribution in [2.24, 2.45) is 0 Å². The van der Waals surface area contributed by atoms with Crippen LogP contribution < -0.4 is 14.4 Å². The summed E-state index contributed by atoms with van der Waals surface area (Å²) in [5.74, 6) is -0.980. The van der Waals surface area contributed by atoms with Gasteiger partial charge >= 0.3 is 0 Å². The lowest BCUT2D eigenvalue weighted by molar-refractivity contribution is -0.139. The fraction of sp³-hybridized carbons (Fsp3) is 0.333. The van der Waals surface area contributed by atoms with Gasteiger partial charge in [0.1, 0.15) is 24.2 Å². The molecular formula is C30H36FN3O5S. The third-order valence-corrected chi connectivity index (χ3v) is 8.27. The van der Waals surface area contributed by atoms with Gasteiger partial charge in [-0.3, -0.25) is 13.9 Å². The summed E-state index contributed by atoms with van der Waals surface area (Å²) in [5, 5.41) is 2.90. The van der Waals surface area contributed by atoms with Gasteiger partial charge < -0.3 is 15.0 Å². The van der Waals surface area contributed by atoms with Crippen molar-refractivity contribution in [2.45, 2.75) is 57.6 Å². The second-order valence-corrected chi connectivity index (χ2v) is 11.3. The monoisotopic (exact) mass is 569 g/mol. The van der Waals surface area contributed by atoms with Crippen LogP contribution in [0.5, 0.6) is 5.75 Å². The quantitative estimate of drug-likeness (QED) is 0.321. The van der Waals surface area contributed by atoms with Crippen LogP contribution in [0.4, 0.5) is 10.1 Å². The molecule has 0 heterocycles. The summed E-state index contributed by atoms with van der Waals surface area (Å²) in [4.78, 5) is 28.2. The Hall–Kier alpha value is -3.92. The van der Waals surface area contributed by atoms with Crippen LogP contribution in [0.15, 0.2) is 83.8 Å². The molecule has 0 spiro atoms. The van der Waals surface area contributed by atoms with Gasteiger partial charge in [-0.2, -0.15) is 0 Å². The van der Waals surface area contributed by atoms with Crippen LogP contribution in [-0.4, -0.2) is 50.4 Å². The predicted molar refractivity (Wildman–Crippen MR) is 153 cm³/mol. The van der Waals surface area contributed by atoms with E-state index >= 15 is 0 Å². The van der Waals surface area contributed by atoms with Gasteiger partial charge in [-0.15, -0.1) is 0 Å². The molecule has 2 amide bonds. The van der Waals surface area contributed by atoms with Gasteiger partial charge in [0.05, 0.1) is 17.2 Å². The van der Waals surface area contributed by atoms with Crippen molar-refractivity contribution in [2.75, 3.05) is 17.5 Å². The molecule has 3 rings (SSSR count). The Morgan fingerprint density at radius 2 is 1.55 bits per heavy atom. The number of nitrogens with one attached hydrogen (secondary N) is 1. The Bertz CT molecular complexity index is 1370. The zero-order valence-corrected chi connectivity index (χ0v) is 24.0. The number of amides is 2. The normalized spacial score (nSPS) is 12.7. The minimum absolute atomic E-state index is 0.0646. The van der Waals surface area contributed by atoms with Gasteiger partial charge in [-0.05, 0) is 81.3 Å². The highest BCUT2D eigenvalue weighted by atomic mass is 32.2. The van der Waals surface area contributed by atoms with Gasteiger partial charge in [0, 0.05) is 12.6 Å². The van der Waals surface area contributed by atoms with Gasteiger partial charge in [0.2, 0.25) is 11.8 Å². The number of sulfonamides is 1. The Morgan fingerprint density at radius 3 is 2.12 bits per heavy atom. The van der Waals surface area contributed by atoms with Crippen LogP contribution in [0.25, 0.3) is 0 Å². The average Bonchev–Trinajstić information content (AvgIpc) is 2.95. The van der Waals surface area contributed by atoms with Crippen molar-refractivity contribution >= 4 is 27.5 Å². The molecule has 8 nitrogen and oxygen atoms in total. The minimum atomic E-state index is -4.26. The Labute approximate surface area is 235 Å². The molecule has 0 radical (unpaired) electrons. The summed E-state index contributed by atoms with van der Waals surface area (Å²) in [6, 6.07) is 18.9. The summed E-state index contributed by atoms with van der Waals surface area (Å²) in [6.45, 7) is 7.15. The van der Waals surface area contributed by atoms with Gasteiger partial charge in [-0.25, -0.2) is 12.8 Å². The van der Waals surface area contributed by atoms with Crippen LogP contribution in [0, 0.1) is 5.82 Å². The molecule has 1 N–H and O–H groups in total. The van der Waals surface area contributed by atoms with E-state index in [-0.39, 0.29) is 29.1 Å². The van der Waals surface area contributed by atoms with Crippen LogP contribution in [0.3, 0.4) is 0 Å². The molecule has 40 heavy (non-hydrogen) atoms. The number of hydrogen-bond acceptors (Lipinski definition) is 5. The summed E-state index contributed by atoms with van der Waals surface area (Å²) in [5.41, 5.74) is 0.891. The topological polar surface area (TPSA) is 96.0 Å². The number of nitrogens with zero attached hydrogens (tertiary/aromatic N) is 2. The number of halogens is 1. The lowest BCUT2D eigenvalue weighted by Crippen LogP contribution is -2.52. The molecule has 3 aromatic carbocycles. The Morgan fingerprint density at radius 1 is 0.925 bits per heavy atom. The first kappa shape index (κ1) is 30.6. The van der Waals surface area contributed by atoms with E-state index in [0.29, 0.717) is 18.8 Å². The third-order valence-electron chi connectivity index (χ3n) is 6.48. The van der Waals surface area contributed by atoms with E-state index in [1.54, 1.807) is 6.92 Å². The van der Waals surface area contributed by atoms with Crippen molar-refractivity contribution in [3.8, 4) is 5.75 Å². The molecule has 0 aliphatic rings. The highest BCUT2D eigenvalue weighted by Gasteiger charge is 2.32. The second kappa shape index (κ2) is 13.9. The van der Waals surface area contributed by atoms with E-state index in [4.69, 9.17) is 4.74 Å². The smallest absolute Gasteiger partial charge is 0.264 e. The van der Waals surface area contributed by atoms with Crippen LogP contribution >= 0.6 is 0 Å². The molecule has 214 valence electrons. The number of ether oxygens (including phenoxy) is 1. The summed E-state index contributed by atoms with van der Waals surface area (Å²) in [7, 11) is -4.26. The molecule has 0 aliphatic heterocycles. The Balaban J connectivity index is 2.00. The fourth-order valence-corrected chi connectivity index (χ4v) is 5.38. The number of anilines is 1. The molecule has 2 atom stereocenters. The average molecular weight is 570 g/mol. The minimum Gasteiger partial charge on any atom is -0.494 e.